The molecule has 10 nitrogen and oxygen atoms in total. The Hall–Kier alpha value is -4.99. The number of nitrogens with zero attached hydrogens (tertiary/aromatic N) is 2. The summed E-state index contributed by atoms with van der Waals surface area (Å²) >= 11 is 0. The minimum Gasteiger partial charge on any atom is -0.507 e. The fraction of sp³-hybridized carbons (Fsp3) is 0.115. The molecular weight excluding hydrogens is 466 g/mol. The molecule has 0 aromatic heterocycles. The second-order valence-electron chi connectivity index (χ2n) is 7.97. The predicted octanol–water partition coefficient (Wildman–Crippen LogP) is 4.19. The van der Waals surface area contributed by atoms with E-state index in [0.717, 1.165) is 0 Å². The number of ketones is 1. The number of rotatable bonds is 6. The van der Waals surface area contributed by atoms with Crippen LogP contribution in [0.5, 0.6) is 5.75 Å². The third-order valence-electron chi connectivity index (χ3n) is 5.69. The van der Waals surface area contributed by atoms with Crippen molar-refractivity contribution in [2.45, 2.75) is 13.0 Å². The lowest BCUT2D eigenvalue weighted by Crippen LogP contribution is -2.29. The number of nitrogens with one attached hydrogen (secondary N) is 1. The summed E-state index contributed by atoms with van der Waals surface area (Å²) in [6, 6.07) is 16.9. The zero-order valence-electron chi connectivity index (χ0n) is 19.3. The number of aliphatic hydroxyl groups is 1. The number of Topliss-reactive ketones (excluding diaryl/α,β-unsaturated/α-hetero) is 1. The van der Waals surface area contributed by atoms with Gasteiger partial charge in [-0.05, 0) is 66.2 Å². The van der Waals surface area contributed by atoms with Crippen LogP contribution in [0.25, 0.3) is 5.76 Å². The number of carbonyl (C=O) groups is 3. The second kappa shape index (κ2) is 9.71. The summed E-state index contributed by atoms with van der Waals surface area (Å²) in [4.78, 5) is 49.6. The maximum atomic E-state index is 13.2. The molecule has 3 aromatic rings. The van der Waals surface area contributed by atoms with Crippen LogP contribution in [0.2, 0.25) is 0 Å². The third-order valence-corrected chi connectivity index (χ3v) is 5.69. The molecule has 0 saturated carbocycles. The molecule has 0 bridgehead atoms. The highest BCUT2D eigenvalue weighted by Gasteiger charge is 2.47. The first-order valence-corrected chi connectivity index (χ1v) is 10.8. The van der Waals surface area contributed by atoms with E-state index >= 15 is 0 Å². The molecule has 182 valence electrons. The fourth-order valence-electron chi connectivity index (χ4n) is 4.01. The van der Waals surface area contributed by atoms with E-state index in [1.54, 1.807) is 48.5 Å². The number of benzene rings is 3. The third kappa shape index (κ3) is 4.51. The minimum absolute atomic E-state index is 0.162. The average Bonchev–Trinajstić information content (AvgIpc) is 3.14. The average molecular weight is 487 g/mol. The summed E-state index contributed by atoms with van der Waals surface area (Å²) in [5.74, 6) is -1.90. The Kier molecular flexibility index (Phi) is 6.51. The van der Waals surface area contributed by atoms with Gasteiger partial charge in [-0.1, -0.05) is 0 Å². The minimum atomic E-state index is -1.06. The number of hydrogen-bond donors (Lipinski definition) is 2. The van der Waals surface area contributed by atoms with Crippen LogP contribution >= 0.6 is 0 Å². The predicted molar refractivity (Wildman–Crippen MR) is 132 cm³/mol. The highest BCUT2D eigenvalue weighted by atomic mass is 16.6. The normalized spacial score (nSPS) is 16.6. The molecule has 0 spiro atoms. The summed E-state index contributed by atoms with van der Waals surface area (Å²) < 4.78 is 5.13. The number of anilines is 2. The number of carbonyl (C=O) groups excluding carboxylic acids is 3. The van der Waals surface area contributed by atoms with E-state index in [1.807, 2.05) is 0 Å². The smallest absolute Gasteiger partial charge is 0.300 e. The Labute approximate surface area is 205 Å². The lowest BCUT2D eigenvalue weighted by Gasteiger charge is -2.25. The van der Waals surface area contributed by atoms with Crippen LogP contribution in [0.1, 0.15) is 24.1 Å². The van der Waals surface area contributed by atoms with Crippen LogP contribution in [0, 0.1) is 10.1 Å². The van der Waals surface area contributed by atoms with E-state index in [4.69, 9.17) is 4.74 Å². The number of ether oxygens (including phenoxy) is 1. The van der Waals surface area contributed by atoms with Gasteiger partial charge in [0.25, 0.3) is 17.4 Å². The summed E-state index contributed by atoms with van der Waals surface area (Å²) in [7, 11) is 1.49. The molecule has 3 aromatic carbocycles. The van der Waals surface area contributed by atoms with Crippen molar-refractivity contribution in [3.63, 3.8) is 0 Å². The highest BCUT2D eigenvalue weighted by molar-refractivity contribution is 6.51. The van der Waals surface area contributed by atoms with E-state index in [0.29, 0.717) is 28.3 Å². The number of non-ortho nitro benzene ring substituents is 1. The van der Waals surface area contributed by atoms with Crippen LogP contribution in [0.4, 0.5) is 17.1 Å². The molecular formula is C26H21N3O7. The van der Waals surface area contributed by atoms with Crippen molar-refractivity contribution in [1.82, 2.24) is 0 Å². The maximum absolute atomic E-state index is 13.2. The lowest BCUT2D eigenvalue weighted by molar-refractivity contribution is -0.384. The molecule has 1 atom stereocenters. The molecule has 0 radical (unpaired) electrons. The van der Waals surface area contributed by atoms with Crippen molar-refractivity contribution in [3.8, 4) is 5.75 Å². The maximum Gasteiger partial charge on any atom is 0.300 e. The van der Waals surface area contributed by atoms with Gasteiger partial charge in [0.2, 0.25) is 5.91 Å². The number of hydrogen-bond acceptors (Lipinski definition) is 7. The zero-order chi connectivity index (χ0) is 26.0. The molecule has 1 fully saturated rings. The number of nitro benzene ring substituents is 1. The zero-order valence-corrected chi connectivity index (χ0v) is 19.3. The van der Waals surface area contributed by atoms with E-state index in [2.05, 4.69) is 5.32 Å². The van der Waals surface area contributed by atoms with Gasteiger partial charge in [-0.15, -0.1) is 0 Å². The van der Waals surface area contributed by atoms with Gasteiger partial charge in [0.05, 0.1) is 23.6 Å². The molecule has 1 aliphatic rings. The number of amides is 2. The van der Waals surface area contributed by atoms with Crippen LogP contribution < -0.4 is 15.0 Å². The van der Waals surface area contributed by atoms with Gasteiger partial charge in [0.1, 0.15) is 11.5 Å². The number of methoxy groups -OCH3 is 1. The molecule has 1 saturated heterocycles. The van der Waals surface area contributed by atoms with Gasteiger partial charge in [-0.2, -0.15) is 0 Å². The van der Waals surface area contributed by atoms with Crippen LogP contribution in [-0.4, -0.2) is 34.7 Å². The van der Waals surface area contributed by atoms with E-state index < -0.39 is 28.4 Å². The quantitative estimate of drug-likeness (QED) is 0.175. The van der Waals surface area contributed by atoms with Crippen LogP contribution in [0.3, 0.4) is 0 Å². The SMILES string of the molecule is COc1ccc(/C(O)=C2\C(=O)C(=O)N(c3ccc(NC(C)=O)cc3)[C@H]2c2ccc([N+](=O)[O-])cc2)cc1. The number of aliphatic hydroxyl groups excluding tert-OH is 1. The summed E-state index contributed by atoms with van der Waals surface area (Å²) in [6.07, 6.45) is 0. The topological polar surface area (TPSA) is 139 Å². The van der Waals surface area contributed by atoms with Crippen LogP contribution in [-0.2, 0) is 14.4 Å². The Morgan fingerprint density at radius 3 is 2.14 bits per heavy atom. The molecule has 2 amide bonds. The van der Waals surface area contributed by atoms with Gasteiger partial charge in [-0.25, -0.2) is 0 Å². The molecule has 10 heteroatoms. The van der Waals surface area contributed by atoms with Gasteiger partial charge < -0.3 is 15.2 Å². The van der Waals surface area contributed by atoms with Crippen molar-refractivity contribution in [2.24, 2.45) is 0 Å². The van der Waals surface area contributed by atoms with E-state index in [9.17, 15) is 29.6 Å². The first kappa shape index (κ1) is 24.1. The van der Waals surface area contributed by atoms with Crippen molar-refractivity contribution in [3.05, 3.63) is 99.6 Å². The molecule has 0 aliphatic carbocycles. The molecule has 4 rings (SSSR count). The largest absolute Gasteiger partial charge is 0.507 e. The standard InChI is InChI=1S/C26H21N3O7/c1-15(30)27-18-7-11-19(12-8-18)28-23(16-3-9-20(10-4-16)29(34)35)22(25(32)26(28)33)24(31)17-5-13-21(36-2)14-6-17/h3-14,23,31H,1-2H3,(H,27,30)/b24-22+/t23-/m0/s1. The summed E-state index contributed by atoms with van der Waals surface area (Å²) in [5, 5.41) is 24.9. The second-order valence-corrected chi connectivity index (χ2v) is 7.97. The molecule has 2 N–H and O–H groups in total. The van der Waals surface area contributed by atoms with Gasteiger partial charge in [0, 0.05) is 36.0 Å². The van der Waals surface area contributed by atoms with Gasteiger partial charge in [-0.3, -0.25) is 29.4 Å². The van der Waals surface area contributed by atoms with E-state index in [1.165, 1.54) is 43.2 Å². The Balaban J connectivity index is 1.86. The molecule has 0 unspecified atom stereocenters. The summed E-state index contributed by atoms with van der Waals surface area (Å²) in [5.41, 5.74) is 1.19. The first-order valence-electron chi connectivity index (χ1n) is 10.8. The highest BCUT2D eigenvalue weighted by Crippen LogP contribution is 2.42. The van der Waals surface area contributed by atoms with Crippen molar-refractivity contribution in [1.29, 1.82) is 0 Å². The fourth-order valence-corrected chi connectivity index (χ4v) is 4.01. The van der Waals surface area contributed by atoms with Crippen molar-refractivity contribution < 1.29 is 29.2 Å². The summed E-state index contributed by atoms with van der Waals surface area (Å²) in [6.45, 7) is 1.36. The molecule has 1 heterocycles. The Bertz CT molecular complexity index is 1380. The van der Waals surface area contributed by atoms with Crippen molar-refractivity contribution >= 4 is 40.4 Å². The van der Waals surface area contributed by atoms with Gasteiger partial charge in [0.15, 0.2) is 0 Å². The molecule has 1 aliphatic heterocycles. The monoisotopic (exact) mass is 487 g/mol. The lowest BCUT2D eigenvalue weighted by atomic mass is 9.95. The first-order chi connectivity index (χ1) is 17.2. The Morgan fingerprint density at radius 1 is 1.00 bits per heavy atom. The van der Waals surface area contributed by atoms with E-state index in [-0.39, 0.29) is 17.2 Å². The molecule has 36 heavy (non-hydrogen) atoms. The van der Waals surface area contributed by atoms with Crippen molar-refractivity contribution in [2.75, 3.05) is 17.3 Å². The number of nitro groups is 1. The Morgan fingerprint density at radius 2 is 1.61 bits per heavy atom. The van der Waals surface area contributed by atoms with Gasteiger partial charge >= 0.3 is 0 Å². The van der Waals surface area contributed by atoms with Crippen LogP contribution in [0.15, 0.2) is 78.4 Å².